The maximum atomic E-state index is 6.17. The zero-order chi connectivity index (χ0) is 17.0. The van der Waals surface area contributed by atoms with Crippen molar-refractivity contribution in [2.24, 2.45) is 5.92 Å². The van der Waals surface area contributed by atoms with Gasteiger partial charge in [0.05, 0.1) is 5.54 Å². The van der Waals surface area contributed by atoms with Crippen LogP contribution in [0.15, 0.2) is 60.7 Å². The van der Waals surface area contributed by atoms with Gasteiger partial charge in [-0.1, -0.05) is 87.4 Å². The van der Waals surface area contributed by atoms with Gasteiger partial charge in [0.1, 0.15) is 0 Å². The first kappa shape index (κ1) is 17.2. The van der Waals surface area contributed by atoms with Crippen LogP contribution in [0.3, 0.4) is 0 Å². The van der Waals surface area contributed by atoms with Crippen LogP contribution in [0.25, 0.3) is 0 Å². The fourth-order valence-corrected chi connectivity index (χ4v) is 3.69. The molecule has 2 unspecified atom stereocenters. The van der Waals surface area contributed by atoms with Gasteiger partial charge in [-0.15, -0.1) is 5.06 Å². The van der Waals surface area contributed by atoms with Crippen molar-refractivity contribution >= 4 is 0 Å². The van der Waals surface area contributed by atoms with Gasteiger partial charge in [-0.05, 0) is 30.9 Å². The Balaban J connectivity index is 1.90. The Hall–Kier alpha value is -1.64. The maximum absolute atomic E-state index is 6.17. The summed E-state index contributed by atoms with van der Waals surface area (Å²) in [7, 11) is 0. The van der Waals surface area contributed by atoms with E-state index in [1.807, 2.05) is 0 Å². The second-order valence-corrected chi connectivity index (χ2v) is 6.94. The van der Waals surface area contributed by atoms with Crippen LogP contribution in [0, 0.1) is 5.92 Å². The van der Waals surface area contributed by atoms with Crippen molar-refractivity contribution in [3.63, 3.8) is 0 Å². The van der Waals surface area contributed by atoms with E-state index in [0.717, 1.165) is 0 Å². The van der Waals surface area contributed by atoms with E-state index in [0.29, 0.717) is 5.92 Å². The number of nitrogens with zero attached hydrogens (tertiary/aromatic N) is 1. The van der Waals surface area contributed by atoms with Crippen LogP contribution >= 0.6 is 0 Å². The molecule has 24 heavy (non-hydrogen) atoms. The smallest absolute Gasteiger partial charge is 0.158 e. The number of benzene rings is 2. The normalized spacial score (nSPS) is 21.5. The number of unbranched alkanes of at least 4 members (excludes halogenated alkanes) is 1. The molecule has 0 spiro atoms. The molecule has 0 saturated carbocycles. The molecule has 0 N–H and O–H groups in total. The van der Waals surface area contributed by atoms with E-state index in [1.165, 1.54) is 36.8 Å². The molecule has 1 aliphatic rings. The summed E-state index contributed by atoms with van der Waals surface area (Å²) >= 11 is 0. The summed E-state index contributed by atoms with van der Waals surface area (Å²) in [6, 6.07) is 21.4. The topological polar surface area (TPSA) is 15.5 Å². The molecule has 0 aromatic heterocycles. The second-order valence-electron chi connectivity index (χ2n) is 6.94. The quantitative estimate of drug-likeness (QED) is 0.576. The van der Waals surface area contributed by atoms with E-state index in [4.69, 9.17) is 4.84 Å². The Morgan fingerprint density at radius 1 is 0.958 bits per heavy atom. The monoisotopic (exact) mass is 323 g/mol. The highest BCUT2D eigenvalue weighted by Gasteiger charge is 2.54. The summed E-state index contributed by atoms with van der Waals surface area (Å²) in [4.78, 5) is 6.17. The van der Waals surface area contributed by atoms with Crippen LogP contribution in [0.5, 0.6) is 0 Å². The number of hydroxylamine groups is 2. The van der Waals surface area contributed by atoms with E-state index in [9.17, 15) is 0 Å². The Morgan fingerprint density at radius 3 is 1.96 bits per heavy atom. The van der Waals surface area contributed by atoms with Crippen LogP contribution in [-0.2, 0) is 10.4 Å². The second kappa shape index (κ2) is 7.50. The summed E-state index contributed by atoms with van der Waals surface area (Å²) in [5.74, 6) is 0.608. The van der Waals surface area contributed by atoms with Crippen molar-refractivity contribution in [1.82, 2.24) is 5.06 Å². The van der Waals surface area contributed by atoms with Gasteiger partial charge >= 0.3 is 0 Å². The first-order chi connectivity index (χ1) is 11.7. The van der Waals surface area contributed by atoms with Gasteiger partial charge in [0.2, 0.25) is 0 Å². The predicted octanol–water partition coefficient (Wildman–Crippen LogP) is 5.74. The largest absolute Gasteiger partial charge is 0.274 e. The molecule has 1 aliphatic heterocycles. The fraction of sp³-hybridized carbons (Fsp3) is 0.455. The molecule has 1 saturated heterocycles. The molecular weight excluding hydrogens is 294 g/mol. The van der Waals surface area contributed by atoms with Gasteiger partial charge in [-0.25, -0.2) is 0 Å². The minimum absolute atomic E-state index is 0.229. The minimum atomic E-state index is -0.243. The lowest BCUT2D eigenvalue weighted by atomic mass is 9.84. The van der Waals surface area contributed by atoms with Gasteiger partial charge in [0.15, 0.2) is 6.23 Å². The minimum Gasteiger partial charge on any atom is -0.274 e. The Kier molecular flexibility index (Phi) is 5.37. The molecule has 0 aliphatic carbocycles. The van der Waals surface area contributed by atoms with E-state index >= 15 is 0 Å². The summed E-state index contributed by atoms with van der Waals surface area (Å²) in [6.07, 6.45) is 5.17. The lowest BCUT2D eigenvalue weighted by molar-refractivity contribution is 0.101. The summed E-state index contributed by atoms with van der Waals surface area (Å²) in [5.41, 5.74) is 2.32. The van der Waals surface area contributed by atoms with Crippen LogP contribution in [0.4, 0.5) is 0 Å². The predicted molar refractivity (Wildman–Crippen MR) is 99.4 cm³/mol. The van der Waals surface area contributed by atoms with E-state index in [2.05, 4.69) is 86.5 Å². The van der Waals surface area contributed by atoms with E-state index in [-0.39, 0.29) is 11.8 Å². The van der Waals surface area contributed by atoms with Gasteiger partial charge < -0.3 is 0 Å². The van der Waals surface area contributed by atoms with Crippen molar-refractivity contribution in [3.05, 3.63) is 71.8 Å². The standard InChI is InChI=1S/C22H29NO/c1-4-6-13-18(5-2)21-23(24-21)22(3,19-14-9-7-10-15-19)20-16-11-8-12-17-20/h7-12,14-18,21H,4-6,13H2,1-3H3/t18?,21-,23?/m0/s1. The summed E-state index contributed by atoms with van der Waals surface area (Å²) < 4.78 is 0. The Bertz CT molecular complexity index is 585. The first-order valence-corrected chi connectivity index (χ1v) is 9.29. The molecule has 2 aromatic carbocycles. The average Bonchev–Trinajstić information content (AvgIpc) is 3.44. The number of hydrogen-bond donors (Lipinski definition) is 0. The van der Waals surface area contributed by atoms with E-state index < -0.39 is 0 Å². The van der Waals surface area contributed by atoms with Gasteiger partial charge in [0, 0.05) is 5.92 Å². The molecule has 2 aromatic rings. The highest BCUT2D eigenvalue weighted by Crippen LogP contribution is 2.47. The summed E-state index contributed by atoms with van der Waals surface area (Å²) in [5, 5.41) is 2.22. The molecule has 0 radical (unpaired) electrons. The third-order valence-electron chi connectivity index (χ3n) is 5.38. The van der Waals surface area contributed by atoms with E-state index in [1.54, 1.807) is 0 Å². The van der Waals surface area contributed by atoms with Crippen molar-refractivity contribution in [1.29, 1.82) is 0 Å². The summed E-state index contributed by atoms with van der Waals surface area (Å²) in [6.45, 7) is 6.82. The Morgan fingerprint density at radius 2 is 1.50 bits per heavy atom. The van der Waals surface area contributed by atoms with Crippen molar-refractivity contribution in [2.45, 2.75) is 58.2 Å². The molecule has 1 fully saturated rings. The Labute approximate surface area is 146 Å². The zero-order valence-electron chi connectivity index (χ0n) is 15.1. The van der Waals surface area contributed by atoms with Gasteiger partial charge in [-0.2, -0.15) is 0 Å². The maximum Gasteiger partial charge on any atom is 0.158 e. The molecular formula is C22H29NO. The molecule has 3 rings (SSSR count). The van der Waals surface area contributed by atoms with Crippen molar-refractivity contribution < 1.29 is 4.84 Å². The molecule has 0 bridgehead atoms. The molecule has 2 nitrogen and oxygen atoms in total. The van der Waals surface area contributed by atoms with Gasteiger partial charge in [-0.3, -0.25) is 4.84 Å². The highest BCUT2D eigenvalue weighted by atomic mass is 16.8. The lowest BCUT2D eigenvalue weighted by Crippen LogP contribution is -2.35. The molecule has 3 atom stereocenters. The molecule has 2 heteroatoms. The fourth-order valence-electron chi connectivity index (χ4n) is 3.69. The van der Waals surface area contributed by atoms with Crippen molar-refractivity contribution in [3.8, 4) is 0 Å². The molecule has 1 heterocycles. The third kappa shape index (κ3) is 3.26. The van der Waals surface area contributed by atoms with Crippen LogP contribution in [0.1, 0.15) is 57.6 Å². The third-order valence-corrected chi connectivity index (χ3v) is 5.38. The van der Waals surface area contributed by atoms with Crippen LogP contribution in [0.2, 0.25) is 0 Å². The van der Waals surface area contributed by atoms with Crippen LogP contribution in [-0.4, -0.2) is 11.3 Å². The average molecular weight is 323 g/mol. The number of rotatable bonds is 8. The highest BCUT2D eigenvalue weighted by molar-refractivity contribution is 5.38. The van der Waals surface area contributed by atoms with Crippen molar-refractivity contribution in [2.75, 3.05) is 0 Å². The van der Waals surface area contributed by atoms with Crippen LogP contribution < -0.4 is 0 Å². The molecule has 0 amide bonds. The van der Waals surface area contributed by atoms with Gasteiger partial charge in [0.25, 0.3) is 0 Å². The SMILES string of the molecule is CCCCC(CC)[C@@H]1ON1C(C)(c1ccccc1)c1ccccc1. The first-order valence-electron chi connectivity index (χ1n) is 9.29. The zero-order valence-corrected chi connectivity index (χ0v) is 15.1. The molecule has 128 valence electrons. The number of hydrogen-bond acceptors (Lipinski definition) is 2. The lowest BCUT2D eigenvalue weighted by Gasteiger charge is -2.31.